The van der Waals surface area contributed by atoms with Crippen LogP contribution >= 0.6 is 0 Å². The summed E-state index contributed by atoms with van der Waals surface area (Å²) in [6.45, 7) is 2.11. The lowest BCUT2D eigenvalue weighted by Gasteiger charge is -2.41. The van der Waals surface area contributed by atoms with Crippen LogP contribution in [0.3, 0.4) is 0 Å². The zero-order valence-corrected chi connectivity index (χ0v) is 9.25. The van der Waals surface area contributed by atoms with Crippen molar-refractivity contribution in [3.05, 3.63) is 0 Å². The summed E-state index contributed by atoms with van der Waals surface area (Å²) in [5, 5.41) is 0. The van der Waals surface area contributed by atoms with E-state index >= 15 is 0 Å². The molecular weight excluding hydrogens is 172 g/mol. The van der Waals surface area contributed by atoms with Crippen LogP contribution in [-0.4, -0.2) is 30.1 Å². The molecule has 0 aliphatic heterocycles. The highest BCUT2D eigenvalue weighted by Gasteiger charge is 2.31. The van der Waals surface area contributed by atoms with E-state index in [1.165, 1.54) is 57.9 Å². The molecule has 2 heteroatoms. The Balaban J connectivity index is 1.83. The molecule has 0 heterocycles. The van der Waals surface area contributed by atoms with Crippen LogP contribution in [0.2, 0.25) is 0 Å². The summed E-state index contributed by atoms with van der Waals surface area (Å²) >= 11 is 0. The molecule has 14 heavy (non-hydrogen) atoms. The first-order valence-electron chi connectivity index (χ1n) is 6.37. The quantitative estimate of drug-likeness (QED) is 0.730. The van der Waals surface area contributed by atoms with Gasteiger partial charge < -0.3 is 5.73 Å². The van der Waals surface area contributed by atoms with Crippen LogP contribution in [0.4, 0.5) is 0 Å². The zero-order valence-electron chi connectivity index (χ0n) is 9.25. The maximum absolute atomic E-state index is 5.61. The fourth-order valence-electron chi connectivity index (χ4n) is 2.89. The van der Waals surface area contributed by atoms with Crippen LogP contribution in [0.1, 0.15) is 51.4 Å². The van der Waals surface area contributed by atoms with E-state index in [0.717, 1.165) is 18.6 Å². The molecule has 0 aromatic carbocycles. The van der Waals surface area contributed by atoms with Crippen molar-refractivity contribution < 1.29 is 0 Å². The van der Waals surface area contributed by atoms with Crippen LogP contribution in [-0.2, 0) is 0 Å². The summed E-state index contributed by atoms with van der Waals surface area (Å²) in [7, 11) is 0. The predicted octanol–water partition coefficient (Wildman–Crippen LogP) is 2.13. The second kappa shape index (κ2) is 5.13. The van der Waals surface area contributed by atoms with E-state index in [4.69, 9.17) is 5.73 Å². The third-order valence-corrected chi connectivity index (χ3v) is 3.96. The Morgan fingerprint density at radius 1 is 0.929 bits per heavy atom. The lowest BCUT2D eigenvalue weighted by molar-refractivity contribution is 0.0808. The summed E-state index contributed by atoms with van der Waals surface area (Å²) < 4.78 is 0. The summed E-state index contributed by atoms with van der Waals surface area (Å²) in [6.07, 6.45) is 11.3. The van der Waals surface area contributed by atoms with Crippen molar-refractivity contribution in [1.82, 2.24) is 4.90 Å². The number of hydrogen-bond donors (Lipinski definition) is 1. The molecule has 0 spiro atoms. The first-order chi connectivity index (χ1) is 6.92. The van der Waals surface area contributed by atoms with E-state index < -0.39 is 0 Å². The number of nitrogens with zero attached hydrogens (tertiary/aromatic N) is 1. The molecular formula is C12H24N2. The average molecular weight is 196 g/mol. The molecule has 2 N–H and O–H groups in total. The van der Waals surface area contributed by atoms with Crippen molar-refractivity contribution in [2.24, 2.45) is 5.73 Å². The Labute approximate surface area is 87.8 Å². The molecule has 2 aliphatic carbocycles. The van der Waals surface area contributed by atoms with Crippen molar-refractivity contribution in [3.63, 3.8) is 0 Å². The molecule has 2 saturated carbocycles. The molecule has 0 radical (unpaired) electrons. The minimum Gasteiger partial charge on any atom is -0.330 e. The molecule has 82 valence electrons. The maximum atomic E-state index is 5.61. The minimum atomic E-state index is 0.857. The van der Waals surface area contributed by atoms with Gasteiger partial charge in [0.1, 0.15) is 0 Å². The van der Waals surface area contributed by atoms with Gasteiger partial charge in [0.2, 0.25) is 0 Å². The van der Waals surface area contributed by atoms with Gasteiger partial charge in [-0.3, -0.25) is 4.90 Å². The summed E-state index contributed by atoms with van der Waals surface area (Å²) in [4.78, 5) is 2.78. The van der Waals surface area contributed by atoms with Crippen LogP contribution in [0.25, 0.3) is 0 Å². The molecule has 0 unspecified atom stereocenters. The minimum absolute atomic E-state index is 0.857. The first-order valence-corrected chi connectivity index (χ1v) is 6.37. The Bertz CT molecular complexity index is 160. The number of hydrogen-bond acceptors (Lipinski definition) is 2. The monoisotopic (exact) mass is 196 g/mol. The average Bonchev–Trinajstić information content (AvgIpc) is 2.61. The van der Waals surface area contributed by atoms with Crippen LogP contribution in [0.15, 0.2) is 0 Å². The van der Waals surface area contributed by atoms with Gasteiger partial charge in [0.25, 0.3) is 0 Å². The van der Waals surface area contributed by atoms with Gasteiger partial charge in [-0.05, 0) is 45.2 Å². The van der Waals surface area contributed by atoms with Crippen molar-refractivity contribution in [2.75, 3.05) is 13.1 Å². The second-order valence-electron chi connectivity index (χ2n) is 4.90. The number of nitrogens with two attached hydrogens (primary N) is 1. The fourth-order valence-corrected chi connectivity index (χ4v) is 2.89. The van der Waals surface area contributed by atoms with E-state index in [-0.39, 0.29) is 0 Å². The topological polar surface area (TPSA) is 29.3 Å². The van der Waals surface area contributed by atoms with Crippen LogP contribution in [0, 0.1) is 0 Å². The summed E-state index contributed by atoms with van der Waals surface area (Å²) in [5.74, 6) is 0. The SMILES string of the molecule is NCCCN(C1CCCC1)C1CCC1. The molecule has 2 fully saturated rings. The molecule has 0 saturated heterocycles. The van der Waals surface area contributed by atoms with E-state index in [1.54, 1.807) is 0 Å². The van der Waals surface area contributed by atoms with Gasteiger partial charge in [-0.1, -0.05) is 19.3 Å². The van der Waals surface area contributed by atoms with E-state index in [0.29, 0.717) is 0 Å². The largest absolute Gasteiger partial charge is 0.330 e. The van der Waals surface area contributed by atoms with Gasteiger partial charge in [0.05, 0.1) is 0 Å². The Kier molecular flexibility index (Phi) is 3.82. The molecule has 0 amide bonds. The highest BCUT2D eigenvalue weighted by molar-refractivity contribution is 4.87. The van der Waals surface area contributed by atoms with E-state index in [2.05, 4.69) is 4.90 Å². The van der Waals surface area contributed by atoms with Crippen molar-refractivity contribution in [1.29, 1.82) is 0 Å². The molecule has 0 atom stereocenters. The standard InChI is InChI=1S/C12H24N2/c13-9-4-10-14(12-7-3-8-12)11-5-1-2-6-11/h11-12H,1-10,13H2. The third-order valence-electron chi connectivity index (χ3n) is 3.96. The van der Waals surface area contributed by atoms with Gasteiger partial charge >= 0.3 is 0 Å². The van der Waals surface area contributed by atoms with Gasteiger partial charge in [0, 0.05) is 12.1 Å². The van der Waals surface area contributed by atoms with Gasteiger partial charge in [-0.15, -0.1) is 0 Å². The molecule has 0 bridgehead atoms. The lowest BCUT2D eigenvalue weighted by atomic mass is 9.90. The highest BCUT2D eigenvalue weighted by atomic mass is 15.2. The van der Waals surface area contributed by atoms with Gasteiger partial charge in [-0.2, -0.15) is 0 Å². The first kappa shape index (κ1) is 10.4. The predicted molar refractivity (Wildman–Crippen MR) is 60.3 cm³/mol. The van der Waals surface area contributed by atoms with Crippen molar-refractivity contribution >= 4 is 0 Å². The van der Waals surface area contributed by atoms with Crippen LogP contribution < -0.4 is 5.73 Å². The Hall–Kier alpha value is -0.0800. The van der Waals surface area contributed by atoms with E-state index in [1.807, 2.05) is 0 Å². The number of rotatable bonds is 5. The lowest BCUT2D eigenvalue weighted by Crippen LogP contribution is -2.46. The highest BCUT2D eigenvalue weighted by Crippen LogP contribution is 2.32. The molecule has 0 aromatic heterocycles. The smallest absolute Gasteiger partial charge is 0.00982 e. The fraction of sp³-hybridized carbons (Fsp3) is 1.00. The maximum Gasteiger partial charge on any atom is 0.00982 e. The second-order valence-corrected chi connectivity index (χ2v) is 4.90. The van der Waals surface area contributed by atoms with Gasteiger partial charge in [-0.25, -0.2) is 0 Å². The third kappa shape index (κ3) is 2.29. The normalized spacial score (nSPS) is 24.4. The summed E-state index contributed by atoms with van der Waals surface area (Å²) in [6, 6.07) is 1.83. The Morgan fingerprint density at radius 3 is 1.93 bits per heavy atom. The van der Waals surface area contributed by atoms with Gasteiger partial charge in [0.15, 0.2) is 0 Å². The summed E-state index contributed by atoms with van der Waals surface area (Å²) in [5.41, 5.74) is 5.61. The molecule has 2 rings (SSSR count). The zero-order chi connectivity index (χ0) is 9.80. The van der Waals surface area contributed by atoms with Crippen LogP contribution in [0.5, 0.6) is 0 Å². The van der Waals surface area contributed by atoms with Crippen molar-refractivity contribution in [2.45, 2.75) is 63.5 Å². The Morgan fingerprint density at radius 2 is 1.50 bits per heavy atom. The molecule has 0 aromatic rings. The molecule has 2 nitrogen and oxygen atoms in total. The van der Waals surface area contributed by atoms with E-state index in [9.17, 15) is 0 Å². The van der Waals surface area contributed by atoms with Crippen molar-refractivity contribution in [3.8, 4) is 0 Å². The molecule has 2 aliphatic rings.